The van der Waals surface area contributed by atoms with Crippen LogP contribution >= 0.6 is 0 Å². The fourth-order valence-corrected chi connectivity index (χ4v) is 10.1. The minimum absolute atomic E-state index is 0.0322. The molecule has 80 heavy (non-hydrogen) atoms. The number of amides is 1. The van der Waals surface area contributed by atoms with Crippen molar-refractivity contribution in [1.29, 1.82) is 0 Å². The number of carbonyl (C=O) groups excluding carboxylic acids is 1. The van der Waals surface area contributed by atoms with Crippen molar-refractivity contribution in [2.75, 3.05) is 26.4 Å². The van der Waals surface area contributed by atoms with Gasteiger partial charge >= 0.3 is 0 Å². The van der Waals surface area contributed by atoms with E-state index in [4.69, 9.17) is 28.4 Å². The van der Waals surface area contributed by atoms with Crippen molar-refractivity contribution in [2.45, 2.75) is 291 Å². The summed E-state index contributed by atoms with van der Waals surface area (Å²) in [5, 5.41) is 120. The summed E-state index contributed by atoms with van der Waals surface area (Å²) >= 11 is 0. The molecule has 0 saturated carbocycles. The van der Waals surface area contributed by atoms with E-state index in [1.807, 2.05) is 12.2 Å². The average Bonchev–Trinajstić information content (AvgIpc) is 3.50. The second kappa shape index (κ2) is 44.0. The van der Waals surface area contributed by atoms with Gasteiger partial charge in [0, 0.05) is 6.42 Å². The Labute approximate surface area is 477 Å². The third kappa shape index (κ3) is 27.5. The van der Waals surface area contributed by atoms with E-state index in [2.05, 4.69) is 61.7 Å². The normalized spacial score (nSPS) is 30.4. The van der Waals surface area contributed by atoms with E-state index < -0.39 is 124 Å². The van der Waals surface area contributed by atoms with Crippen molar-refractivity contribution in [3.63, 3.8) is 0 Å². The lowest BCUT2D eigenvalue weighted by atomic mass is 9.96. The highest BCUT2D eigenvalue weighted by Crippen LogP contribution is 2.33. The van der Waals surface area contributed by atoms with E-state index in [0.717, 1.165) is 44.9 Å². The van der Waals surface area contributed by atoms with Crippen LogP contribution in [0, 0.1) is 0 Å². The number of hydrogen-bond donors (Lipinski definition) is 12. The zero-order valence-corrected chi connectivity index (χ0v) is 48.3. The molecule has 3 rings (SSSR count). The fourth-order valence-electron chi connectivity index (χ4n) is 10.1. The third-order valence-electron chi connectivity index (χ3n) is 15.1. The van der Waals surface area contributed by atoms with Gasteiger partial charge in [-0.15, -0.1) is 0 Å². The smallest absolute Gasteiger partial charge is 0.224 e. The van der Waals surface area contributed by atoms with E-state index in [9.17, 15) is 61.0 Å². The molecule has 0 aliphatic carbocycles. The standard InChI is InChI=1S/C61H107NO18/c1-3-5-7-9-11-13-15-17-19-20-21-22-23-25-26-28-30-32-34-36-38-45(66)44(62-49(67)39-37-35-33-31-29-27-24-18-16-14-12-10-8-6-4-2)43-75-59-55(73)52(70)57(47(41-64)77-59)80-61-56(74)53(71)58(48(42-65)78-61)79-60-54(72)51(69)50(68)46(40-63)76-60/h6,8,12,14,18,24,29,31,35,37,44-48,50-61,63-66,68-74H,3-5,7,9-11,13,15-17,19-23,25-28,30,32-34,36,38-43H2,1-2H3,(H,62,67)/b8-6-,14-12-,24-18-,31-29-,37-35-. The lowest BCUT2D eigenvalue weighted by Crippen LogP contribution is -2.66. The molecule has 19 heteroatoms. The first-order chi connectivity index (χ1) is 38.8. The molecule has 17 atom stereocenters. The minimum Gasteiger partial charge on any atom is -0.394 e. The molecule has 3 heterocycles. The largest absolute Gasteiger partial charge is 0.394 e. The Bertz CT molecular complexity index is 1700. The van der Waals surface area contributed by atoms with Gasteiger partial charge in [0.1, 0.15) is 73.2 Å². The van der Waals surface area contributed by atoms with Crippen molar-refractivity contribution in [1.82, 2.24) is 5.32 Å². The Kier molecular flexibility index (Phi) is 39.5. The van der Waals surface area contributed by atoms with Gasteiger partial charge in [0.15, 0.2) is 18.9 Å². The maximum atomic E-state index is 13.3. The van der Waals surface area contributed by atoms with Crippen LogP contribution in [-0.2, 0) is 33.2 Å². The van der Waals surface area contributed by atoms with Crippen LogP contribution in [0.4, 0.5) is 0 Å². The van der Waals surface area contributed by atoms with Gasteiger partial charge in [0.2, 0.25) is 5.91 Å². The number of nitrogens with one attached hydrogen (secondary N) is 1. The van der Waals surface area contributed by atoms with Crippen LogP contribution in [0.25, 0.3) is 0 Å². The Hall–Kier alpha value is -2.51. The first kappa shape index (κ1) is 71.8. The lowest BCUT2D eigenvalue weighted by molar-refractivity contribution is -0.379. The summed E-state index contributed by atoms with van der Waals surface area (Å²) < 4.78 is 34.2. The van der Waals surface area contributed by atoms with Crippen LogP contribution in [0.15, 0.2) is 60.8 Å². The van der Waals surface area contributed by atoms with E-state index in [0.29, 0.717) is 19.3 Å². The zero-order valence-electron chi connectivity index (χ0n) is 48.3. The molecule has 0 aromatic heterocycles. The van der Waals surface area contributed by atoms with Crippen LogP contribution < -0.4 is 5.32 Å². The molecule has 0 radical (unpaired) electrons. The molecule has 0 aromatic carbocycles. The number of hydrogen-bond acceptors (Lipinski definition) is 18. The summed E-state index contributed by atoms with van der Waals surface area (Å²) in [4.78, 5) is 13.3. The summed E-state index contributed by atoms with van der Waals surface area (Å²) in [5.41, 5.74) is 0. The Morgan fingerprint density at radius 3 is 1.24 bits per heavy atom. The lowest BCUT2D eigenvalue weighted by Gasteiger charge is -2.48. The first-order valence-electron chi connectivity index (χ1n) is 30.5. The highest BCUT2D eigenvalue weighted by atomic mass is 16.8. The molecule has 12 N–H and O–H groups in total. The Morgan fingerprint density at radius 2 is 0.812 bits per heavy atom. The molecule has 464 valence electrons. The summed E-state index contributed by atoms with van der Waals surface area (Å²) in [6.07, 6.45) is 23.4. The van der Waals surface area contributed by atoms with Gasteiger partial charge in [0.05, 0.1) is 38.6 Å². The molecule has 0 spiro atoms. The van der Waals surface area contributed by atoms with E-state index >= 15 is 0 Å². The van der Waals surface area contributed by atoms with E-state index in [1.54, 1.807) is 6.08 Å². The molecule has 3 aliphatic heterocycles. The summed E-state index contributed by atoms with van der Waals surface area (Å²) in [7, 11) is 0. The van der Waals surface area contributed by atoms with Gasteiger partial charge in [-0.1, -0.05) is 203 Å². The minimum atomic E-state index is -1.98. The molecule has 17 unspecified atom stereocenters. The predicted octanol–water partition coefficient (Wildman–Crippen LogP) is 5.65. The molecule has 3 aliphatic rings. The van der Waals surface area contributed by atoms with Crippen LogP contribution in [-0.4, -0.2) is 193 Å². The van der Waals surface area contributed by atoms with Crippen LogP contribution in [0.1, 0.15) is 187 Å². The molecule has 19 nitrogen and oxygen atoms in total. The number of aliphatic hydroxyl groups excluding tert-OH is 11. The topological polar surface area (TPSA) is 307 Å². The molecule has 0 bridgehead atoms. The second-order valence-electron chi connectivity index (χ2n) is 21.8. The van der Waals surface area contributed by atoms with Crippen LogP contribution in [0.3, 0.4) is 0 Å². The molecular formula is C61H107NO18. The van der Waals surface area contributed by atoms with Crippen molar-refractivity contribution < 1.29 is 89.4 Å². The molecular weight excluding hydrogens is 1030 g/mol. The van der Waals surface area contributed by atoms with Gasteiger partial charge in [-0.2, -0.15) is 0 Å². The van der Waals surface area contributed by atoms with Gasteiger partial charge in [-0.3, -0.25) is 4.79 Å². The van der Waals surface area contributed by atoms with Gasteiger partial charge < -0.3 is 89.9 Å². The summed E-state index contributed by atoms with van der Waals surface area (Å²) in [6.45, 7) is 1.60. The number of aliphatic hydroxyl groups is 11. The average molecular weight is 1140 g/mol. The highest BCUT2D eigenvalue weighted by Gasteiger charge is 2.53. The quantitative estimate of drug-likeness (QED) is 0.0259. The van der Waals surface area contributed by atoms with Gasteiger partial charge in [-0.25, -0.2) is 0 Å². The molecule has 3 saturated heterocycles. The molecule has 0 aromatic rings. The number of rotatable bonds is 44. The maximum absolute atomic E-state index is 13.3. The van der Waals surface area contributed by atoms with Crippen LogP contribution in [0.2, 0.25) is 0 Å². The zero-order chi connectivity index (χ0) is 58.3. The monoisotopic (exact) mass is 1140 g/mol. The second-order valence-corrected chi connectivity index (χ2v) is 21.8. The molecule has 1 amide bonds. The van der Waals surface area contributed by atoms with Crippen molar-refractivity contribution >= 4 is 5.91 Å². The number of allylic oxidation sites excluding steroid dienone is 9. The highest BCUT2D eigenvalue weighted by molar-refractivity contribution is 5.77. The number of ether oxygens (including phenoxy) is 6. The number of unbranched alkanes of at least 4 members (excludes halogenated alkanes) is 19. The number of carbonyl (C=O) groups is 1. The Balaban J connectivity index is 1.51. The maximum Gasteiger partial charge on any atom is 0.224 e. The van der Waals surface area contributed by atoms with E-state index in [-0.39, 0.29) is 18.9 Å². The van der Waals surface area contributed by atoms with Crippen molar-refractivity contribution in [3.8, 4) is 0 Å². The summed E-state index contributed by atoms with van der Waals surface area (Å²) in [5.74, 6) is -0.371. The van der Waals surface area contributed by atoms with Crippen molar-refractivity contribution in [2.24, 2.45) is 0 Å². The van der Waals surface area contributed by atoms with Crippen molar-refractivity contribution in [3.05, 3.63) is 60.8 Å². The van der Waals surface area contributed by atoms with Gasteiger partial charge in [0.25, 0.3) is 0 Å². The fraction of sp³-hybridized carbons (Fsp3) is 0.820. The molecule has 3 fully saturated rings. The van der Waals surface area contributed by atoms with Gasteiger partial charge in [-0.05, 0) is 38.5 Å². The predicted molar refractivity (Wildman–Crippen MR) is 305 cm³/mol. The Morgan fingerprint density at radius 1 is 0.450 bits per heavy atom. The van der Waals surface area contributed by atoms with Crippen LogP contribution in [0.5, 0.6) is 0 Å². The third-order valence-corrected chi connectivity index (χ3v) is 15.1. The first-order valence-corrected chi connectivity index (χ1v) is 30.5. The van der Waals surface area contributed by atoms with E-state index in [1.165, 1.54) is 103 Å². The summed E-state index contributed by atoms with van der Waals surface area (Å²) in [6, 6.07) is -0.944. The SMILES string of the molecule is CC/C=C\C/C=C\C/C=C\C/C=C\C/C=C\CC(=O)NC(COC1OC(CO)C(OC2OC(CO)C(OC3OC(CO)C(O)C(O)C3O)C(O)C2O)C(O)C1O)C(O)CCCCCCCCCCCCCCCCCCCCCC.